The minimum absolute atomic E-state index is 0.0823. The van der Waals surface area contributed by atoms with E-state index in [4.69, 9.17) is 5.84 Å². The van der Waals surface area contributed by atoms with E-state index >= 15 is 0 Å². The molecular formula is C10H13N3O2. The summed E-state index contributed by atoms with van der Waals surface area (Å²) in [7, 11) is 0. The highest BCUT2D eigenvalue weighted by atomic mass is 16.2. The molecule has 0 unspecified atom stereocenters. The fourth-order valence-electron chi connectivity index (χ4n) is 3.21. The van der Waals surface area contributed by atoms with Gasteiger partial charge in [0.25, 0.3) is 5.91 Å². The molecule has 3 aliphatic rings. The van der Waals surface area contributed by atoms with Crippen LogP contribution >= 0.6 is 0 Å². The van der Waals surface area contributed by atoms with E-state index in [1.165, 1.54) is 11.1 Å². The summed E-state index contributed by atoms with van der Waals surface area (Å²) in [5, 5.41) is 1.26. The molecule has 2 atom stereocenters. The summed E-state index contributed by atoms with van der Waals surface area (Å²) in [4.78, 5) is 25.0. The third kappa shape index (κ3) is 0.866. The standard InChI is InChI=1S/C10H13N3O2/c11-13-8(14)3-5-12-9(15)6-7-2-1-4-10(7,12)13/h3,5,7H,1-2,4,6,11H2/t7-,10+/m0/s1. The summed E-state index contributed by atoms with van der Waals surface area (Å²) >= 11 is 0. The van der Waals surface area contributed by atoms with Crippen molar-refractivity contribution in [3.8, 4) is 0 Å². The summed E-state index contributed by atoms with van der Waals surface area (Å²) in [6.45, 7) is 0. The molecule has 0 bridgehead atoms. The lowest BCUT2D eigenvalue weighted by molar-refractivity contribution is -0.148. The average Bonchev–Trinajstić information content (AvgIpc) is 2.69. The van der Waals surface area contributed by atoms with Crippen molar-refractivity contribution in [3.05, 3.63) is 12.3 Å². The van der Waals surface area contributed by atoms with Crippen LogP contribution in [0.2, 0.25) is 0 Å². The fraction of sp³-hybridized carbons (Fsp3) is 0.600. The minimum atomic E-state index is -0.539. The number of hydrogen-bond donors (Lipinski definition) is 1. The van der Waals surface area contributed by atoms with E-state index in [1.807, 2.05) is 0 Å². The Morgan fingerprint density at radius 1 is 1.47 bits per heavy atom. The Kier molecular flexibility index (Phi) is 1.55. The van der Waals surface area contributed by atoms with Crippen LogP contribution in [0.25, 0.3) is 0 Å². The molecule has 2 aliphatic heterocycles. The lowest BCUT2D eigenvalue weighted by Crippen LogP contribution is -2.64. The van der Waals surface area contributed by atoms with Gasteiger partial charge in [-0.15, -0.1) is 0 Å². The largest absolute Gasteiger partial charge is 0.293 e. The van der Waals surface area contributed by atoms with Crippen LogP contribution in [0.15, 0.2) is 12.3 Å². The Morgan fingerprint density at radius 2 is 2.27 bits per heavy atom. The molecule has 5 heteroatoms. The van der Waals surface area contributed by atoms with Crippen molar-refractivity contribution in [2.45, 2.75) is 31.3 Å². The number of nitrogens with two attached hydrogens (primary N) is 1. The Morgan fingerprint density at radius 3 is 3.07 bits per heavy atom. The van der Waals surface area contributed by atoms with Gasteiger partial charge < -0.3 is 0 Å². The van der Waals surface area contributed by atoms with E-state index < -0.39 is 5.66 Å². The minimum Gasteiger partial charge on any atom is -0.293 e. The quantitative estimate of drug-likeness (QED) is 0.447. The van der Waals surface area contributed by atoms with Crippen molar-refractivity contribution < 1.29 is 9.59 Å². The molecule has 0 aromatic rings. The molecule has 1 aliphatic carbocycles. The summed E-state index contributed by atoms with van der Waals surface area (Å²) in [6.07, 6.45) is 6.30. The molecule has 2 N–H and O–H groups in total. The van der Waals surface area contributed by atoms with Crippen molar-refractivity contribution in [3.63, 3.8) is 0 Å². The highest BCUT2D eigenvalue weighted by Gasteiger charge is 2.59. The zero-order chi connectivity index (χ0) is 10.6. The van der Waals surface area contributed by atoms with Gasteiger partial charge in [-0.3, -0.25) is 19.5 Å². The smallest absolute Gasteiger partial charge is 0.264 e. The van der Waals surface area contributed by atoms with Crippen molar-refractivity contribution in [2.24, 2.45) is 11.8 Å². The number of rotatable bonds is 0. The maximum absolute atomic E-state index is 11.8. The van der Waals surface area contributed by atoms with E-state index in [-0.39, 0.29) is 17.7 Å². The second kappa shape index (κ2) is 2.61. The van der Waals surface area contributed by atoms with Crippen molar-refractivity contribution in [1.29, 1.82) is 0 Å². The van der Waals surface area contributed by atoms with Crippen LogP contribution in [0, 0.1) is 5.92 Å². The van der Waals surface area contributed by atoms with Crippen LogP contribution in [0.3, 0.4) is 0 Å². The third-order valence-corrected chi connectivity index (χ3v) is 3.88. The molecule has 2 amide bonds. The van der Waals surface area contributed by atoms with Crippen molar-refractivity contribution in [2.75, 3.05) is 0 Å². The van der Waals surface area contributed by atoms with E-state index in [0.717, 1.165) is 19.3 Å². The van der Waals surface area contributed by atoms with E-state index in [1.54, 1.807) is 11.1 Å². The number of nitrogens with zero attached hydrogens (tertiary/aromatic N) is 2. The Hall–Kier alpha value is -1.36. The molecule has 0 aromatic heterocycles. The maximum Gasteiger partial charge on any atom is 0.264 e. The van der Waals surface area contributed by atoms with Gasteiger partial charge in [0.15, 0.2) is 0 Å². The summed E-state index contributed by atoms with van der Waals surface area (Å²) in [5.41, 5.74) is -0.539. The van der Waals surface area contributed by atoms with Crippen molar-refractivity contribution >= 4 is 11.8 Å². The Labute approximate surface area is 87.5 Å². The molecule has 15 heavy (non-hydrogen) atoms. The lowest BCUT2D eigenvalue weighted by atomic mass is 9.95. The summed E-state index contributed by atoms with van der Waals surface area (Å²) in [6, 6.07) is 0. The fourth-order valence-corrected chi connectivity index (χ4v) is 3.21. The molecule has 1 saturated carbocycles. The lowest BCUT2D eigenvalue weighted by Gasteiger charge is -2.45. The van der Waals surface area contributed by atoms with Crippen LogP contribution in [0.5, 0.6) is 0 Å². The van der Waals surface area contributed by atoms with Gasteiger partial charge in [0.05, 0.1) is 0 Å². The molecule has 1 spiro atoms. The molecule has 2 heterocycles. The Bertz CT molecular complexity index is 379. The third-order valence-electron chi connectivity index (χ3n) is 3.88. The van der Waals surface area contributed by atoms with Gasteiger partial charge >= 0.3 is 0 Å². The van der Waals surface area contributed by atoms with Gasteiger partial charge in [0.1, 0.15) is 5.66 Å². The zero-order valence-corrected chi connectivity index (χ0v) is 8.35. The van der Waals surface area contributed by atoms with E-state index in [2.05, 4.69) is 0 Å². The molecular weight excluding hydrogens is 194 g/mol. The number of carbonyl (C=O) groups is 2. The second-order valence-corrected chi connectivity index (χ2v) is 4.46. The van der Waals surface area contributed by atoms with Gasteiger partial charge in [-0.1, -0.05) is 0 Å². The van der Waals surface area contributed by atoms with Gasteiger partial charge in [-0.05, 0) is 19.3 Å². The average molecular weight is 207 g/mol. The highest BCUT2D eigenvalue weighted by molar-refractivity contribution is 5.92. The number of amides is 2. The first-order valence-electron chi connectivity index (χ1n) is 5.25. The predicted octanol–water partition coefficient (Wildman–Crippen LogP) is -0.0553. The maximum atomic E-state index is 11.8. The molecule has 0 aromatic carbocycles. The molecule has 3 rings (SSSR count). The summed E-state index contributed by atoms with van der Waals surface area (Å²) in [5.74, 6) is 5.93. The predicted molar refractivity (Wildman–Crippen MR) is 51.7 cm³/mol. The van der Waals surface area contributed by atoms with Crippen molar-refractivity contribution in [1.82, 2.24) is 9.91 Å². The van der Waals surface area contributed by atoms with Crippen LogP contribution in [0.1, 0.15) is 25.7 Å². The van der Waals surface area contributed by atoms with Gasteiger partial charge in [0, 0.05) is 24.6 Å². The monoisotopic (exact) mass is 207 g/mol. The first-order valence-corrected chi connectivity index (χ1v) is 5.25. The van der Waals surface area contributed by atoms with Crippen LogP contribution in [-0.2, 0) is 9.59 Å². The first-order chi connectivity index (χ1) is 7.16. The SMILES string of the molecule is NN1C(=O)C=CN2C(=O)C[C@@H]3CCC[C@]312. The highest BCUT2D eigenvalue weighted by Crippen LogP contribution is 2.50. The number of hydrazine groups is 1. The zero-order valence-electron chi connectivity index (χ0n) is 8.35. The molecule has 2 fully saturated rings. The number of carbonyl (C=O) groups excluding carboxylic acids is 2. The molecule has 0 radical (unpaired) electrons. The van der Waals surface area contributed by atoms with Crippen LogP contribution in [-0.4, -0.2) is 27.4 Å². The Balaban J connectivity index is 2.13. The topological polar surface area (TPSA) is 66.6 Å². The van der Waals surface area contributed by atoms with Gasteiger partial charge in [-0.2, -0.15) is 0 Å². The van der Waals surface area contributed by atoms with Gasteiger partial charge in [-0.25, -0.2) is 5.84 Å². The van der Waals surface area contributed by atoms with Crippen LogP contribution < -0.4 is 5.84 Å². The van der Waals surface area contributed by atoms with Crippen LogP contribution in [0.4, 0.5) is 0 Å². The molecule has 80 valence electrons. The van der Waals surface area contributed by atoms with E-state index in [0.29, 0.717) is 6.42 Å². The first kappa shape index (κ1) is 8.91. The number of hydrogen-bond acceptors (Lipinski definition) is 3. The molecule has 1 saturated heterocycles. The van der Waals surface area contributed by atoms with E-state index in [9.17, 15) is 9.59 Å². The second-order valence-electron chi connectivity index (χ2n) is 4.46. The normalized spacial score (nSPS) is 38.6. The summed E-state index contributed by atoms with van der Waals surface area (Å²) < 4.78 is 0. The van der Waals surface area contributed by atoms with Gasteiger partial charge in [0.2, 0.25) is 5.91 Å². The molecule has 5 nitrogen and oxygen atoms in total.